The van der Waals surface area contributed by atoms with Crippen LogP contribution in [0.1, 0.15) is 22.5 Å². The second-order valence-electron chi connectivity index (χ2n) is 9.54. The molecule has 0 amide bonds. The first-order valence-electron chi connectivity index (χ1n) is 13.2. The first kappa shape index (κ1) is 26.4. The third-order valence-corrected chi connectivity index (χ3v) is 7.21. The molecule has 42 heavy (non-hydrogen) atoms. The van der Waals surface area contributed by atoms with E-state index < -0.39 is 0 Å². The highest BCUT2D eigenvalue weighted by Crippen LogP contribution is 2.30. The van der Waals surface area contributed by atoms with E-state index in [-0.39, 0.29) is 0 Å². The van der Waals surface area contributed by atoms with Crippen LogP contribution < -0.4 is 0 Å². The second kappa shape index (κ2) is 11.7. The molecular formula is C36H21N5S. The van der Waals surface area contributed by atoms with Crippen LogP contribution in [0.15, 0.2) is 127 Å². The molecule has 0 atom stereocenters. The molecule has 0 aliphatic carbocycles. The highest BCUT2D eigenvalue weighted by atomic mass is 32.1. The molecular weight excluding hydrogens is 534 g/mol. The Hall–Kier alpha value is -5.82. The minimum absolute atomic E-state index is 0.364. The number of hydrogen-bond acceptors (Lipinski definition) is 6. The van der Waals surface area contributed by atoms with Gasteiger partial charge < -0.3 is 0 Å². The highest BCUT2D eigenvalue weighted by molar-refractivity contribution is 7.81. The maximum Gasteiger partial charge on any atom is 0.175 e. The Bertz CT molecular complexity index is 1860. The van der Waals surface area contributed by atoms with Gasteiger partial charge in [0.2, 0.25) is 0 Å². The standard InChI is InChI=1S/C36H21N5S/c37-22-24-11-15-28(16-12-24)34-39-35(29-17-13-25(23-38)14-18-29)41-36(40-34)33(42)32-20-30(26-7-3-1-4-8-26)19-31(21-32)27-9-5-2-6-10-27/h1-21H. The smallest absolute Gasteiger partial charge is 0.175 e. The Morgan fingerprint density at radius 1 is 0.476 bits per heavy atom. The average Bonchev–Trinajstić information content (AvgIpc) is 3.08. The van der Waals surface area contributed by atoms with E-state index in [0.29, 0.717) is 33.5 Å². The van der Waals surface area contributed by atoms with Gasteiger partial charge in [-0.2, -0.15) is 10.5 Å². The average molecular weight is 556 g/mol. The molecule has 0 saturated carbocycles. The third-order valence-electron chi connectivity index (χ3n) is 6.79. The van der Waals surface area contributed by atoms with Crippen LogP contribution in [0.25, 0.3) is 45.0 Å². The molecule has 0 aliphatic heterocycles. The lowest BCUT2D eigenvalue weighted by molar-refractivity contribution is 1.05. The lowest BCUT2D eigenvalue weighted by Gasteiger charge is -2.13. The molecule has 0 spiro atoms. The number of thiocarbonyl (C=S) groups is 1. The summed E-state index contributed by atoms with van der Waals surface area (Å²) in [5, 5.41) is 18.5. The third kappa shape index (κ3) is 5.57. The molecule has 0 aliphatic rings. The van der Waals surface area contributed by atoms with Crippen molar-refractivity contribution in [2.75, 3.05) is 0 Å². The lowest BCUT2D eigenvalue weighted by Crippen LogP contribution is -2.10. The maximum atomic E-state index is 9.26. The number of nitriles is 2. The van der Waals surface area contributed by atoms with Crippen molar-refractivity contribution in [2.45, 2.75) is 0 Å². The topological polar surface area (TPSA) is 86.2 Å². The van der Waals surface area contributed by atoms with Gasteiger partial charge in [0, 0.05) is 11.1 Å². The molecule has 0 bridgehead atoms. The number of benzene rings is 5. The van der Waals surface area contributed by atoms with Crippen molar-refractivity contribution in [3.8, 4) is 57.2 Å². The fourth-order valence-corrected chi connectivity index (χ4v) is 4.81. The molecule has 5 nitrogen and oxygen atoms in total. The summed E-state index contributed by atoms with van der Waals surface area (Å²) in [7, 11) is 0. The molecule has 6 rings (SSSR count). The van der Waals surface area contributed by atoms with Crippen LogP contribution in [-0.2, 0) is 0 Å². The van der Waals surface area contributed by atoms with Gasteiger partial charge in [0.25, 0.3) is 0 Å². The summed E-state index contributed by atoms with van der Waals surface area (Å²) >= 11 is 6.07. The number of hydrogen-bond donors (Lipinski definition) is 0. The molecule has 6 aromatic rings. The normalized spacial score (nSPS) is 10.4. The number of nitrogens with zero attached hydrogens (tertiary/aromatic N) is 5. The van der Waals surface area contributed by atoms with E-state index in [9.17, 15) is 10.5 Å². The summed E-state index contributed by atoms with van der Waals surface area (Å²) in [5.41, 5.74) is 7.58. The van der Waals surface area contributed by atoms with Crippen LogP contribution in [0, 0.1) is 22.7 Å². The van der Waals surface area contributed by atoms with Gasteiger partial charge in [-0.05, 0) is 94.5 Å². The van der Waals surface area contributed by atoms with Crippen LogP contribution in [0.4, 0.5) is 0 Å². The molecule has 0 saturated heterocycles. The molecule has 1 aromatic heterocycles. The monoisotopic (exact) mass is 555 g/mol. The number of aromatic nitrogens is 3. The van der Waals surface area contributed by atoms with E-state index in [1.807, 2.05) is 60.7 Å². The zero-order valence-corrected chi connectivity index (χ0v) is 23.1. The summed E-state index contributed by atoms with van der Waals surface area (Å²) < 4.78 is 0. The van der Waals surface area contributed by atoms with Crippen LogP contribution in [0.2, 0.25) is 0 Å². The first-order chi connectivity index (χ1) is 20.6. The molecule has 0 unspecified atom stereocenters. The first-order valence-corrected chi connectivity index (χ1v) is 13.6. The summed E-state index contributed by atoms with van der Waals surface area (Å²) in [6.07, 6.45) is 0. The van der Waals surface area contributed by atoms with E-state index in [2.05, 4.69) is 54.6 Å². The second-order valence-corrected chi connectivity index (χ2v) is 9.95. The van der Waals surface area contributed by atoms with Gasteiger partial charge in [0.1, 0.15) is 0 Å². The van der Waals surface area contributed by atoms with Gasteiger partial charge in [0.05, 0.1) is 28.1 Å². The van der Waals surface area contributed by atoms with E-state index in [1.54, 1.807) is 24.3 Å². The van der Waals surface area contributed by atoms with Crippen LogP contribution in [0.3, 0.4) is 0 Å². The fourth-order valence-electron chi connectivity index (χ4n) is 4.61. The zero-order chi connectivity index (χ0) is 28.9. The van der Waals surface area contributed by atoms with Gasteiger partial charge in [-0.15, -0.1) is 0 Å². The molecule has 196 valence electrons. The Kier molecular flexibility index (Phi) is 7.38. The molecule has 0 N–H and O–H groups in total. The van der Waals surface area contributed by atoms with Crippen molar-refractivity contribution in [1.29, 1.82) is 10.5 Å². The zero-order valence-electron chi connectivity index (χ0n) is 22.3. The van der Waals surface area contributed by atoms with Crippen LogP contribution >= 0.6 is 12.2 Å². The fraction of sp³-hybridized carbons (Fsp3) is 0. The lowest BCUT2D eigenvalue weighted by atomic mass is 9.95. The number of rotatable bonds is 6. The minimum Gasteiger partial charge on any atom is -0.208 e. The van der Waals surface area contributed by atoms with Crippen molar-refractivity contribution < 1.29 is 0 Å². The summed E-state index contributed by atoms with van der Waals surface area (Å²) in [6.45, 7) is 0. The van der Waals surface area contributed by atoms with Crippen molar-refractivity contribution in [3.63, 3.8) is 0 Å². The van der Waals surface area contributed by atoms with Crippen molar-refractivity contribution >= 4 is 17.1 Å². The maximum absolute atomic E-state index is 9.26. The van der Waals surface area contributed by atoms with Crippen LogP contribution in [-0.4, -0.2) is 19.8 Å². The van der Waals surface area contributed by atoms with Crippen molar-refractivity contribution in [3.05, 3.63) is 150 Å². The van der Waals surface area contributed by atoms with E-state index in [1.165, 1.54) is 0 Å². The molecule has 5 aromatic carbocycles. The molecule has 0 fully saturated rings. The summed E-state index contributed by atoms with van der Waals surface area (Å²) in [4.78, 5) is 14.8. The van der Waals surface area contributed by atoms with E-state index in [4.69, 9.17) is 27.2 Å². The molecule has 0 radical (unpaired) electrons. The van der Waals surface area contributed by atoms with Gasteiger partial charge in [-0.1, -0.05) is 72.9 Å². The van der Waals surface area contributed by atoms with Gasteiger partial charge in [-0.25, -0.2) is 15.0 Å². The van der Waals surface area contributed by atoms with Gasteiger partial charge >= 0.3 is 0 Å². The quantitative estimate of drug-likeness (QED) is 0.153. The minimum atomic E-state index is 0.364. The van der Waals surface area contributed by atoms with E-state index in [0.717, 1.165) is 38.9 Å². The Balaban J connectivity index is 1.51. The SMILES string of the molecule is N#Cc1ccc(-c2nc(C(=S)c3cc(-c4ccccc4)cc(-c4ccccc4)c3)nc(-c3ccc(C#N)cc3)n2)cc1. The predicted molar refractivity (Wildman–Crippen MR) is 168 cm³/mol. The Morgan fingerprint density at radius 3 is 1.31 bits per heavy atom. The van der Waals surface area contributed by atoms with Gasteiger partial charge in [0.15, 0.2) is 17.5 Å². The predicted octanol–water partition coefficient (Wildman–Crippen LogP) is 8.05. The van der Waals surface area contributed by atoms with E-state index >= 15 is 0 Å². The van der Waals surface area contributed by atoms with Crippen molar-refractivity contribution in [2.24, 2.45) is 0 Å². The summed E-state index contributed by atoms with van der Waals surface area (Å²) in [5.74, 6) is 1.24. The molecule has 1 heterocycles. The van der Waals surface area contributed by atoms with Crippen molar-refractivity contribution in [1.82, 2.24) is 15.0 Å². The Morgan fingerprint density at radius 2 is 0.905 bits per heavy atom. The summed E-state index contributed by atoms with van der Waals surface area (Å²) in [6, 6.07) is 45.1. The highest BCUT2D eigenvalue weighted by Gasteiger charge is 2.17. The Labute approximate surface area is 249 Å². The largest absolute Gasteiger partial charge is 0.208 e. The molecule has 6 heteroatoms. The van der Waals surface area contributed by atoms with Crippen LogP contribution in [0.5, 0.6) is 0 Å². The van der Waals surface area contributed by atoms with Gasteiger partial charge in [-0.3, -0.25) is 0 Å².